The topological polar surface area (TPSA) is 77.8 Å². The second-order valence-corrected chi connectivity index (χ2v) is 6.50. The van der Waals surface area contributed by atoms with Gasteiger partial charge in [-0.3, -0.25) is 15.1 Å². The molecule has 1 aromatic heterocycles. The highest BCUT2D eigenvalue weighted by atomic mass is 16.2. The molecule has 2 rings (SSSR count). The minimum atomic E-state index is -0.883. The lowest BCUT2D eigenvalue weighted by atomic mass is 9.90. The van der Waals surface area contributed by atoms with Crippen molar-refractivity contribution in [2.45, 2.75) is 32.4 Å². The van der Waals surface area contributed by atoms with Crippen LogP contribution in [0.25, 0.3) is 0 Å². The number of hydrogen-bond donors (Lipinski definition) is 2. The maximum atomic E-state index is 12.3. The van der Waals surface area contributed by atoms with Crippen molar-refractivity contribution in [2.24, 2.45) is 5.92 Å². The molecule has 0 radical (unpaired) electrons. The van der Waals surface area contributed by atoms with E-state index in [1.165, 1.54) is 0 Å². The van der Waals surface area contributed by atoms with E-state index in [4.69, 9.17) is 0 Å². The van der Waals surface area contributed by atoms with Gasteiger partial charge in [-0.15, -0.1) is 0 Å². The van der Waals surface area contributed by atoms with E-state index in [9.17, 15) is 10.1 Å². The van der Waals surface area contributed by atoms with Crippen molar-refractivity contribution in [3.63, 3.8) is 0 Å². The van der Waals surface area contributed by atoms with Crippen LogP contribution in [-0.2, 0) is 4.79 Å². The first-order valence-electron chi connectivity index (χ1n) is 8.38. The number of carbonyl (C=O) groups excluding carboxylic acids is 1. The number of nitriles is 1. The van der Waals surface area contributed by atoms with E-state index in [2.05, 4.69) is 21.7 Å². The third kappa shape index (κ3) is 4.88. The maximum Gasteiger partial charge on any atom is 0.235 e. The van der Waals surface area contributed by atoms with E-state index in [0.29, 0.717) is 0 Å². The van der Waals surface area contributed by atoms with Gasteiger partial charge in [0.2, 0.25) is 5.91 Å². The number of amides is 1. The largest absolute Gasteiger partial charge is 0.337 e. The van der Waals surface area contributed by atoms with Gasteiger partial charge in [0.15, 0.2) is 0 Å². The van der Waals surface area contributed by atoms with Gasteiger partial charge in [0.05, 0.1) is 24.3 Å². The maximum absolute atomic E-state index is 12.3. The Balaban J connectivity index is 2.11. The molecular formula is C20H24N4O. The second kappa shape index (κ2) is 8.41. The third-order valence-corrected chi connectivity index (χ3v) is 4.37. The van der Waals surface area contributed by atoms with Crippen LogP contribution in [0.3, 0.4) is 0 Å². The molecule has 2 aromatic rings. The van der Waals surface area contributed by atoms with Crippen molar-refractivity contribution in [3.05, 3.63) is 66.0 Å². The van der Waals surface area contributed by atoms with Gasteiger partial charge in [0.25, 0.3) is 0 Å². The second-order valence-electron chi connectivity index (χ2n) is 6.50. The number of hydrogen-bond acceptors (Lipinski definition) is 4. The van der Waals surface area contributed by atoms with E-state index in [1.807, 2.05) is 62.4 Å². The van der Waals surface area contributed by atoms with E-state index < -0.39 is 5.54 Å². The van der Waals surface area contributed by atoms with Crippen molar-refractivity contribution in [3.8, 4) is 6.07 Å². The quantitative estimate of drug-likeness (QED) is 0.815. The Morgan fingerprint density at radius 1 is 1.20 bits per heavy atom. The summed E-state index contributed by atoms with van der Waals surface area (Å²) in [5, 5.41) is 15.4. The number of rotatable bonds is 7. The van der Waals surface area contributed by atoms with Crippen LogP contribution in [0.1, 0.15) is 38.1 Å². The van der Waals surface area contributed by atoms with Crippen LogP contribution >= 0.6 is 0 Å². The molecule has 2 atom stereocenters. The van der Waals surface area contributed by atoms with Crippen molar-refractivity contribution in [2.75, 3.05) is 6.54 Å². The highest BCUT2D eigenvalue weighted by Crippen LogP contribution is 2.20. The number of benzene rings is 1. The average molecular weight is 336 g/mol. The average Bonchev–Trinajstić information content (AvgIpc) is 2.63. The Hall–Kier alpha value is -2.71. The van der Waals surface area contributed by atoms with E-state index >= 15 is 0 Å². The molecule has 130 valence electrons. The molecule has 0 saturated heterocycles. The smallest absolute Gasteiger partial charge is 0.235 e. The summed E-state index contributed by atoms with van der Waals surface area (Å²) in [6, 6.07) is 17.6. The lowest BCUT2D eigenvalue weighted by Crippen LogP contribution is -2.51. The van der Waals surface area contributed by atoms with E-state index in [1.54, 1.807) is 13.1 Å². The van der Waals surface area contributed by atoms with Gasteiger partial charge in [-0.25, -0.2) is 0 Å². The van der Waals surface area contributed by atoms with E-state index in [-0.39, 0.29) is 24.4 Å². The molecule has 1 amide bonds. The fourth-order valence-electron chi connectivity index (χ4n) is 2.42. The zero-order valence-corrected chi connectivity index (χ0v) is 14.9. The number of nitrogens with one attached hydrogen (secondary N) is 2. The highest BCUT2D eigenvalue weighted by Gasteiger charge is 2.30. The molecule has 0 aliphatic rings. The normalized spacial score (nSPS) is 14.4. The molecule has 0 fully saturated rings. The van der Waals surface area contributed by atoms with Crippen molar-refractivity contribution < 1.29 is 4.79 Å². The molecule has 1 aromatic carbocycles. The molecular weight excluding hydrogens is 312 g/mol. The highest BCUT2D eigenvalue weighted by molar-refractivity contribution is 5.79. The van der Waals surface area contributed by atoms with Crippen LogP contribution in [0.15, 0.2) is 54.7 Å². The third-order valence-electron chi connectivity index (χ3n) is 4.37. The fraction of sp³-hybridized carbons (Fsp3) is 0.350. The van der Waals surface area contributed by atoms with Crippen molar-refractivity contribution in [1.82, 2.24) is 15.6 Å². The van der Waals surface area contributed by atoms with Crippen LogP contribution in [0.4, 0.5) is 0 Å². The number of pyridine rings is 1. The molecule has 0 unspecified atom stereocenters. The molecule has 5 nitrogen and oxygen atoms in total. The standard InChI is InChI=1S/C20H24N4O/c1-15(2)20(3,14-21)24-18(25)13-23-19(16-9-5-4-6-10-16)17-11-7-8-12-22-17/h4-12,15,19,23H,13H2,1-3H3,(H,24,25)/t19-,20+/m1/s1. The minimum Gasteiger partial charge on any atom is -0.337 e. The number of aromatic nitrogens is 1. The summed E-state index contributed by atoms with van der Waals surface area (Å²) in [5.74, 6) is -0.197. The zero-order chi connectivity index (χ0) is 18.3. The predicted molar refractivity (Wildman–Crippen MR) is 97.5 cm³/mol. The van der Waals surface area contributed by atoms with Gasteiger partial charge < -0.3 is 5.32 Å². The van der Waals surface area contributed by atoms with Crippen molar-refractivity contribution >= 4 is 5.91 Å². The van der Waals surface area contributed by atoms with Gasteiger partial charge in [-0.05, 0) is 30.5 Å². The molecule has 0 aliphatic heterocycles. The first-order chi connectivity index (χ1) is 12.0. The Morgan fingerprint density at radius 3 is 2.44 bits per heavy atom. The number of carbonyl (C=O) groups is 1. The van der Waals surface area contributed by atoms with Crippen LogP contribution in [0, 0.1) is 17.2 Å². The Kier molecular flexibility index (Phi) is 6.26. The molecule has 0 saturated carbocycles. The molecule has 2 N–H and O–H groups in total. The van der Waals surface area contributed by atoms with Gasteiger partial charge in [0, 0.05) is 6.20 Å². The van der Waals surface area contributed by atoms with Crippen LogP contribution in [-0.4, -0.2) is 23.0 Å². The summed E-state index contributed by atoms with van der Waals surface area (Å²) in [6.07, 6.45) is 1.73. The first-order valence-corrected chi connectivity index (χ1v) is 8.38. The molecule has 1 heterocycles. The summed E-state index contributed by atoms with van der Waals surface area (Å²) in [5.41, 5.74) is 0.987. The van der Waals surface area contributed by atoms with Crippen LogP contribution in [0.5, 0.6) is 0 Å². The van der Waals surface area contributed by atoms with Crippen molar-refractivity contribution in [1.29, 1.82) is 5.26 Å². The van der Waals surface area contributed by atoms with Gasteiger partial charge in [-0.1, -0.05) is 50.2 Å². The summed E-state index contributed by atoms with van der Waals surface area (Å²) >= 11 is 0. The monoisotopic (exact) mass is 336 g/mol. The lowest BCUT2D eigenvalue weighted by Gasteiger charge is -2.28. The zero-order valence-electron chi connectivity index (χ0n) is 14.9. The molecule has 25 heavy (non-hydrogen) atoms. The Bertz CT molecular complexity index is 685. The fourth-order valence-corrected chi connectivity index (χ4v) is 2.42. The molecule has 0 spiro atoms. The molecule has 0 bridgehead atoms. The minimum absolute atomic E-state index is 0.0159. The Morgan fingerprint density at radius 2 is 1.88 bits per heavy atom. The van der Waals surface area contributed by atoms with Gasteiger partial charge in [-0.2, -0.15) is 5.26 Å². The number of nitrogens with zero attached hydrogens (tertiary/aromatic N) is 2. The first kappa shape index (κ1) is 18.6. The molecule has 5 heteroatoms. The van der Waals surface area contributed by atoms with E-state index in [0.717, 1.165) is 11.3 Å². The summed E-state index contributed by atoms with van der Waals surface area (Å²) < 4.78 is 0. The summed E-state index contributed by atoms with van der Waals surface area (Å²) in [4.78, 5) is 16.7. The van der Waals surface area contributed by atoms with Gasteiger partial charge in [0.1, 0.15) is 5.54 Å². The van der Waals surface area contributed by atoms with Gasteiger partial charge >= 0.3 is 0 Å². The Labute approximate surface area is 149 Å². The van der Waals surface area contributed by atoms with Crippen LogP contribution in [0.2, 0.25) is 0 Å². The SMILES string of the molecule is CC(C)[C@](C)(C#N)NC(=O)CN[C@H](c1ccccc1)c1ccccn1. The predicted octanol–water partition coefficient (Wildman–Crippen LogP) is 2.82. The van der Waals surface area contributed by atoms with Crippen LogP contribution < -0.4 is 10.6 Å². The molecule has 0 aliphatic carbocycles. The summed E-state index contributed by atoms with van der Waals surface area (Å²) in [6.45, 7) is 5.66. The lowest BCUT2D eigenvalue weighted by molar-refractivity contribution is -0.121. The summed E-state index contributed by atoms with van der Waals surface area (Å²) in [7, 11) is 0.